The van der Waals surface area contributed by atoms with Crippen molar-refractivity contribution < 1.29 is 9.90 Å². The van der Waals surface area contributed by atoms with E-state index in [4.69, 9.17) is 0 Å². The van der Waals surface area contributed by atoms with Gasteiger partial charge >= 0.3 is 5.97 Å². The Morgan fingerprint density at radius 2 is 1.79 bits per heavy atom. The van der Waals surface area contributed by atoms with Crippen LogP contribution in [0.15, 0.2) is 18.2 Å². The van der Waals surface area contributed by atoms with Gasteiger partial charge < -0.3 is 5.11 Å². The van der Waals surface area contributed by atoms with Crippen molar-refractivity contribution in [2.75, 3.05) is 0 Å². The zero-order chi connectivity index (χ0) is 14.2. The molecule has 2 aromatic rings. The number of aryl methyl sites for hydroxylation is 4. The first-order chi connectivity index (χ1) is 8.90. The fourth-order valence-electron chi connectivity index (χ4n) is 2.15. The van der Waals surface area contributed by atoms with E-state index in [0.717, 1.165) is 16.7 Å². The summed E-state index contributed by atoms with van der Waals surface area (Å²) in [6, 6.07) is 5.94. The molecule has 0 fully saturated rings. The summed E-state index contributed by atoms with van der Waals surface area (Å²) in [6.07, 6.45) is 0. The predicted molar refractivity (Wildman–Crippen MR) is 73.4 cm³/mol. The van der Waals surface area contributed by atoms with Crippen molar-refractivity contribution in [2.24, 2.45) is 0 Å². The topological polar surface area (TPSA) is 63.1 Å². The molecular weight excluding hydrogens is 240 g/mol. The molecule has 0 saturated heterocycles. The number of carboxylic acid groups (broad SMARTS) is 1. The summed E-state index contributed by atoms with van der Waals surface area (Å²) < 4.78 is 0. The van der Waals surface area contributed by atoms with E-state index in [1.54, 1.807) is 13.8 Å². The van der Waals surface area contributed by atoms with Crippen LogP contribution in [0, 0.1) is 27.7 Å². The van der Waals surface area contributed by atoms with Gasteiger partial charge in [-0.05, 0) is 39.3 Å². The average molecular weight is 256 g/mol. The van der Waals surface area contributed by atoms with Crippen LogP contribution in [-0.2, 0) is 0 Å². The van der Waals surface area contributed by atoms with E-state index < -0.39 is 5.97 Å². The van der Waals surface area contributed by atoms with Crippen LogP contribution < -0.4 is 0 Å². The third kappa shape index (κ3) is 2.47. The number of carbonyl (C=O) groups is 1. The van der Waals surface area contributed by atoms with Gasteiger partial charge in [-0.3, -0.25) is 0 Å². The number of benzene rings is 1. The molecule has 0 aliphatic carbocycles. The minimum absolute atomic E-state index is 0.180. The lowest BCUT2D eigenvalue weighted by atomic mass is 9.98. The van der Waals surface area contributed by atoms with Crippen LogP contribution in [-0.4, -0.2) is 21.0 Å². The number of nitrogens with zero attached hydrogens (tertiary/aromatic N) is 2. The molecule has 0 aliphatic heterocycles. The van der Waals surface area contributed by atoms with Crippen molar-refractivity contribution in [3.8, 4) is 11.3 Å². The largest absolute Gasteiger partial charge is 0.478 e. The summed E-state index contributed by atoms with van der Waals surface area (Å²) in [5.41, 5.74) is 4.11. The lowest BCUT2D eigenvalue weighted by Gasteiger charge is -2.12. The number of hydrogen-bond acceptors (Lipinski definition) is 3. The molecule has 0 atom stereocenters. The number of rotatable bonds is 2. The van der Waals surface area contributed by atoms with Crippen LogP contribution in [0.1, 0.15) is 33.0 Å². The van der Waals surface area contributed by atoms with Gasteiger partial charge in [0.15, 0.2) is 0 Å². The lowest BCUT2D eigenvalue weighted by molar-refractivity contribution is 0.0696. The molecule has 98 valence electrons. The summed E-state index contributed by atoms with van der Waals surface area (Å²) in [4.78, 5) is 19.9. The fraction of sp³-hybridized carbons (Fsp3) is 0.267. The molecule has 0 aliphatic rings. The molecular formula is C15H16N2O2. The normalized spacial score (nSPS) is 10.5. The molecule has 1 aromatic carbocycles. The van der Waals surface area contributed by atoms with E-state index in [-0.39, 0.29) is 5.56 Å². The molecule has 0 radical (unpaired) electrons. The van der Waals surface area contributed by atoms with Gasteiger partial charge in [0.2, 0.25) is 0 Å². The fourth-order valence-corrected chi connectivity index (χ4v) is 2.15. The van der Waals surface area contributed by atoms with E-state index in [0.29, 0.717) is 17.2 Å². The monoisotopic (exact) mass is 256 g/mol. The van der Waals surface area contributed by atoms with Crippen molar-refractivity contribution in [1.82, 2.24) is 9.97 Å². The molecule has 0 spiro atoms. The molecule has 1 aromatic heterocycles. The number of aromatic carboxylic acids is 1. The van der Waals surface area contributed by atoms with E-state index in [1.807, 2.05) is 32.0 Å². The SMILES string of the molecule is Cc1ccc(C)c(-c2nc(C)nc(C)c2C(=O)O)c1. The van der Waals surface area contributed by atoms with Crippen LogP contribution in [0.25, 0.3) is 11.3 Å². The Kier molecular flexibility index (Phi) is 3.34. The van der Waals surface area contributed by atoms with Gasteiger partial charge in [-0.1, -0.05) is 17.7 Å². The van der Waals surface area contributed by atoms with E-state index in [9.17, 15) is 9.90 Å². The van der Waals surface area contributed by atoms with Crippen molar-refractivity contribution in [2.45, 2.75) is 27.7 Å². The third-order valence-electron chi connectivity index (χ3n) is 3.06. The first-order valence-electron chi connectivity index (χ1n) is 6.06. The molecule has 2 rings (SSSR count). The molecule has 4 nitrogen and oxygen atoms in total. The molecule has 1 N–H and O–H groups in total. The maximum atomic E-state index is 11.4. The Balaban J connectivity index is 2.81. The minimum Gasteiger partial charge on any atom is -0.478 e. The second-order valence-electron chi connectivity index (χ2n) is 4.70. The van der Waals surface area contributed by atoms with E-state index >= 15 is 0 Å². The Morgan fingerprint density at radius 3 is 2.42 bits per heavy atom. The van der Waals surface area contributed by atoms with Crippen LogP contribution in [0.5, 0.6) is 0 Å². The molecule has 0 unspecified atom stereocenters. The molecule has 0 bridgehead atoms. The van der Waals surface area contributed by atoms with Gasteiger partial charge in [-0.25, -0.2) is 14.8 Å². The maximum absolute atomic E-state index is 11.4. The van der Waals surface area contributed by atoms with Crippen molar-refractivity contribution >= 4 is 5.97 Å². The van der Waals surface area contributed by atoms with Gasteiger partial charge in [-0.2, -0.15) is 0 Å². The highest BCUT2D eigenvalue weighted by Gasteiger charge is 2.19. The van der Waals surface area contributed by atoms with E-state index in [1.165, 1.54) is 0 Å². The van der Waals surface area contributed by atoms with Crippen LogP contribution in [0.4, 0.5) is 0 Å². The average Bonchev–Trinajstić information content (AvgIpc) is 2.30. The Morgan fingerprint density at radius 1 is 1.11 bits per heavy atom. The van der Waals surface area contributed by atoms with Gasteiger partial charge in [0.25, 0.3) is 0 Å². The van der Waals surface area contributed by atoms with Gasteiger partial charge in [0.1, 0.15) is 11.4 Å². The van der Waals surface area contributed by atoms with Crippen LogP contribution in [0.2, 0.25) is 0 Å². The van der Waals surface area contributed by atoms with Crippen LogP contribution >= 0.6 is 0 Å². The molecule has 0 amide bonds. The predicted octanol–water partition coefficient (Wildman–Crippen LogP) is 3.08. The number of carboxylic acids is 1. The van der Waals surface area contributed by atoms with Gasteiger partial charge in [-0.15, -0.1) is 0 Å². The quantitative estimate of drug-likeness (QED) is 0.896. The highest BCUT2D eigenvalue weighted by Crippen LogP contribution is 2.27. The first kappa shape index (κ1) is 13.2. The summed E-state index contributed by atoms with van der Waals surface area (Å²) in [5, 5.41) is 9.38. The second kappa shape index (κ2) is 4.80. The lowest BCUT2D eigenvalue weighted by Crippen LogP contribution is -2.09. The van der Waals surface area contributed by atoms with Crippen molar-refractivity contribution in [3.63, 3.8) is 0 Å². The van der Waals surface area contributed by atoms with E-state index in [2.05, 4.69) is 9.97 Å². The molecule has 0 saturated carbocycles. The number of aromatic nitrogens is 2. The smallest absolute Gasteiger partial charge is 0.339 e. The summed E-state index contributed by atoms with van der Waals surface area (Å²) in [6.45, 7) is 7.40. The summed E-state index contributed by atoms with van der Waals surface area (Å²) in [7, 11) is 0. The molecule has 1 heterocycles. The number of hydrogen-bond donors (Lipinski definition) is 1. The first-order valence-corrected chi connectivity index (χ1v) is 6.06. The third-order valence-corrected chi connectivity index (χ3v) is 3.06. The van der Waals surface area contributed by atoms with Gasteiger partial charge in [0.05, 0.1) is 11.4 Å². The minimum atomic E-state index is -0.992. The highest BCUT2D eigenvalue weighted by molar-refractivity contribution is 5.96. The molecule has 4 heteroatoms. The Labute approximate surface area is 112 Å². The highest BCUT2D eigenvalue weighted by atomic mass is 16.4. The Hall–Kier alpha value is -2.23. The van der Waals surface area contributed by atoms with Crippen molar-refractivity contribution in [1.29, 1.82) is 0 Å². The summed E-state index contributed by atoms with van der Waals surface area (Å²) >= 11 is 0. The standard InChI is InChI=1S/C15H16N2O2/c1-8-5-6-9(2)12(7-8)14-13(15(18)19)10(3)16-11(4)17-14/h5-7H,1-4H3,(H,18,19). The van der Waals surface area contributed by atoms with Crippen molar-refractivity contribution in [3.05, 3.63) is 46.4 Å². The summed E-state index contributed by atoms with van der Waals surface area (Å²) in [5.74, 6) is -0.410. The van der Waals surface area contributed by atoms with Gasteiger partial charge in [0, 0.05) is 5.56 Å². The Bertz CT molecular complexity index is 663. The maximum Gasteiger partial charge on any atom is 0.339 e. The zero-order valence-electron chi connectivity index (χ0n) is 11.5. The molecule has 19 heavy (non-hydrogen) atoms. The second-order valence-corrected chi connectivity index (χ2v) is 4.70. The van der Waals surface area contributed by atoms with Crippen LogP contribution in [0.3, 0.4) is 0 Å². The zero-order valence-corrected chi connectivity index (χ0v) is 11.5.